The molecule has 1 aliphatic heterocycles. The van der Waals surface area contributed by atoms with Crippen molar-refractivity contribution in [2.45, 2.75) is 45.3 Å². The zero-order valence-corrected chi connectivity index (χ0v) is 18.4. The summed E-state index contributed by atoms with van der Waals surface area (Å²) in [5.74, 6) is 2.70. The second-order valence-corrected chi connectivity index (χ2v) is 8.43. The SMILES string of the molecule is CC(C)OCCOc1ccccc1C1CCN(Cc2nc3ccccc3n2C)CC1. The number of para-hydroxylation sites is 3. The standard InChI is InChI=1S/C25H33N3O2/c1-19(2)29-16-17-30-24-11-7-4-8-21(24)20-12-14-28(15-13-20)18-25-26-22-9-5-6-10-23(22)27(25)3/h4-11,19-20H,12-18H2,1-3H3. The number of imidazole rings is 1. The zero-order chi connectivity index (χ0) is 20.9. The minimum atomic E-state index is 0.240. The van der Waals surface area contributed by atoms with E-state index >= 15 is 0 Å². The highest BCUT2D eigenvalue weighted by Crippen LogP contribution is 2.34. The van der Waals surface area contributed by atoms with E-state index in [2.05, 4.69) is 78.9 Å². The fourth-order valence-electron chi connectivity index (χ4n) is 4.32. The number of fused-ring (bicyclic) bond motifs is 1. The fraction of sp³-hybridized carbons (Fsp3) is 0.480. The third-order valence-corrected chi connectivity index (χ3v) is 5.98. The molecular weight excluding hydrogens is 374 g/mol. The van der Waals surface area contributed by atoms with Gasteiger partial charge in [0.2, 0.25) is 0 Å². The predicted octanol–water partition coefficient (Wildman–Crippen LogP) is 4.76. The molecule has 2 aromatic carbocycles. The van der Waals surface area contributed by atoms with E-state index in [0.717, 1.165) is 49.6 Å². The van der Waals surface area contributed by atoms with E-state index in [4.69, 9.17) is 14.5 Å². The molecule has 160 valence electrons. The summed E-state index contributed by atoms with van der Waals surface area (Å²) in [4.78, 5) is 7.37. The normalized spacial score (nSPS) is 15.9. The zero-order valence-electron chi connectivity index (χ0n) is 18.4. The molecule has 5 heteroatoms. The maximum absolute atomic E-state index is 6.06. The molecule has 2 heterocycles. The van der Waals surface area contributed by atoms with Crippen molar-refractivity contribution < 1.29 is 9.47 Å². The maximum atomic E-state index is 6.06. The van der Waals surface area contributed by atoms with Crippen LogP contribution in [0.15, 0.2) is 48.5 Å². The molecule has 3 aromatic rings. The van der Waals surface area contributed by atoms with Gasteiger partial charge in [-0.15, -0.1) is 0 Å². The van der Waals surface area contributed by atoms with Crippen molar-refractivity contribution >= 4 is 11.0 Å². The molecule has 1 fully saturated rings. The van der Waals surface area contributed by atoms with Gasteiger partial charge in [0.15, 0.2) is 0 Å². The number of aryl methyl sites for hydroxylation is 1. The molecule has 4 rings (SSSR count). The van der Waals surface area contributed by atoms with Crippen LogP contribution in [-0.4, -0.2) is 46.9 Å². The molecule has 0 saturated carbocycles. The van der Waals surface area contributed by atoms with Gasteiger partial charge in [0.1, 0.15) is 18.2 Å². The van der Waals surface area contributed by atoms with Crippen molar-refractivity contribution in [1.29, 1.82) is 0 Å². The summed E-state index contributed by atoms with van der Waals surface area (Å²) in [5.41, 5.74) is 3.62. The average Bonchev–Trinajstić information content (AvgIpc) is 3.07. The van der Waals surface area contributed by atoms with Gasteiger partial charge in [-0.05, 0) is 69.5 Å². The van der Waals surface area contributed by atoms with Gasteiger partial charge >= 0.3 is 0 Å². The highest BCUT2D eigenvalue weighted by molar-refractivity contribution is 5.75. The van der Waals surface area contributed by atoms with Crippen LogP contribution in [0.2, 0.25) is 0 Å². The van der Waals surface area contributed by atoms with Gasteiger partial charge in [-0.2, -0.15) is 0 Å². The van der Waals surface area contributed by atoms with Crippen molar-refractivity contribution in [2.75, 3.05) is 26.3 Å². The molecular formula is C25H33N3O2. The predicted molar refractivity (Wildman–Crippen MR) is 121 cm³/mol. The molecule has 0 unspecified atom stereocenters. The Hall–Kier alpha value is -2.37. The highest BCUT2D eigenvalue weighted by Gasteiger charge is 2.24. The molecule has 0 aliphatic carbocycles. The van der Waals surface area contributed by atoms with Crippen LogP contribution in [0.25, 0.3) is 11.0 Å². The number of hydrogen-bond acceptors (Lipinski definition) is 4. The minimum absolute atomic E-state index is 0.240. The largest absolute Gasteiger partial charge is 0.491 e. The lowest BCUT2D eigenvalue weighted by Gasteiger charge is -2.32. The van der Waals surface area contributed by atoms with Gasteiger partial charge in [-0.25, -0.2) is 4.98 Å². The second kappa shape index (κ2) is 9.63. The molecule has 0 bridgehead atoms. The van der Waals surface area contributed by atoms with Crippen molar-refractivity contribution in [2.24, 2.45) is 7.05 Å². The highest BCUT2D eigenvalue weighted by atomic mass is 16.5. The van der Waals surface area contributed by atoms with Gasteiger partial charge in [0.05, 0.1) is 30.3 Å². The summed E-state index contributed by atoms with van der Waals surface area (Å²) >= 11 is 0. The summed E-state index contributed by atoms with van der Waals surface area (Å²) in [7, 11) is 2.12. The Morgan fingerprint density at radius 3 is 2.50 bits per heavy atom. The summed E-state index contributed by atoms with van der Waals surface area (Å²) in [6, 6.07) is 16.9. The van der Waals surface area contributed by atoms with E-state index in [-0.39, 0.29) is 6.10 Å². The molecule has 1 aromatic heterocycles. The van der Waals surface area contributed by atoms with Crippen LogP contribution >= 0.6 is 0 Å². The smallest absolute Gasteiger partial charge is 0.123 e. The number of aromatic nitrogens is 2. The van der Waals surface area contributed by atoms with E-state index in [1.807, 2.05) is 0 Å². The first kappa shape index (κ1) is 20.9. The van der Waals surface area contributed by atoms with Crippen LogP contribution in [0.1, 0.15) is 44.0 Å². The van der Waals surface area contributed by atoms with E-state index in [0.29, 0.717) is 19.1 Å². The number of ether oxygens (including phenoxy) is 2. The number of piperidine rings is 1. The first-order valence-electron chi connectivity index (χ1n) is 11.1. The molecule has 0 N–H and O–H groups in total. The number of rotatable bonds is 8. The molecule has 1 saturated heterocycles. The first-order chi connectivity index (χ1) is 14.6. The maximum Gasteiger partial charge on any atom is 0.123 e. The molecule has 0 spiro atoms. The molecule has 5 nitrogen and oxygen atoms in total. The van der Waals surface area contributed by atoms with Gasteiger partial charge < -0.3 is 14.0 Å². The van der Waals surface area contributed by atoms with Crippen LogP contribution in [0.5, 0.6) is 5.75 Å². The van der Waals surface area contributed by atoms with Crippen molar-refractivity contribution in [1.82, 2.24) is 14.5 Å². The molecule has 1 aliphatic rings. The first-order valence-corrected chi connectivity index (χ1v) is 11.1. The Morgan fingerprint density at radius 2 is 1.73 bits per heavy atom. The topological polar surface area (TPSA) is 39.5 Å². The van der Waals surface area contributed by atoms with Gasteiger partial charge in [0.25, 0.3) is 0 Å². The number of hydrogen-bond donors (Lipinski definition) is 0. The Morgan fingerprint density at radius 1 is 1.00 bits per heavy atom. The van der Waals surface area contributed by atoms with Crippen molar-refractivity contribution in [3.63, 3.8) is 0 Å². The van der Waals surface area contributed by atoms with Gasteiger partial charge in [-0.1, -0.05) is 30.3 Å². The third-order valence-electron chi connectivity index (χ3n) is 5.98. The lowest BCUT2D eigenvalue weighted by Crippen LogP contribution is -2.33. The Kier molecular flexibility index (Phi) is 6.70. The third kappa shape index (κ3) is 4.85. The Bertz CT molecular complexity index is 958. The molecule has 30 heavy (non-hydrogen) atoms. The van der Waals surface area contributed by atoms with Crippen LogP contribution in [0.4, 0.5) is 0 Å². The van der Waals surface area contributed by atoms with E-state index in [9.17, 15) is 0 Å². The van der Waals surface area contributed by atoms with E-state index < -0.39 is 0 Å². The Balaban J connectivity index is 1.35. The average molecular weight is 408 g/mol. The van der Waals surface area contributed by atoms with E-state index in [1.165, 1.54) is 11.1 Å². The fourth-order valence-corrected chi connectivity index (χ4v) is 4.32. The molecule has 0 atom stereocenters. The quantitative estimate of drug-likeness (QED) is 0.505. The Labute approximate surface area is 179 Å². The van der Waals surface area contributed by atoms with Crippen LogP contribution in [-0.2, 0) is 18.3 Å². The van der Waals surface area contributed by atoms with Crippen LogP contribution < -0.4 is 4.74 Å². The van der Waals surface area contributed by atoms with Crippen LogP contribution in [0.3, 0.4) is 0 Å². The monoisotopic (exact) mass is 407 g/mol. The van der Waals surface area contributed by atoms with Crippen molar-refractivity contribution in [3.05, 3.63) is 59.9 Å². The molecule has 0 radical (unpaired) electrons. The van der Waals surface area contributed by atoms with Gasteiger partial charge in [-0.3, -0.25) is 4.90 Å². The summed E-state index contributed by atoms with van der Waals surface area (Å²) in [6.07, 6.45) is 2.53. The lowest BCUT2D eigenvalue weighted by molar-refractivity contribution is 0.0548. The van der Waals surface area contributed by atoms with Crippen molar-refractivity contribution in [3.8, 4) is 5.75 Å². The summed E-state index contributed by atoms with van der Waals surface area (Å²) < 4.78 is 13.9. The number of nitrogens with zero attached hydrogens (tertiary/aromatic N) is 3. The van der Waals surface area contributed by atoms with E-state index in [1.54, 1.807) is 0 Å². The molecule has 0 amide bonds. The summed E-state index contributed by atoms with van der Waals surface area (Å²) in [6.45, 7) is 8.40. The van der Waals surface area contributed by atoms with Crippen LogP contribution in [0, 0.1) is 0 Å². The lowest BCUT2D eigenvalue weighted by atomic mass is 9.89. The minimum Gasteiger partial charge on any atom is -0.491 e. The van der Waals surface area contributed by atoms with Gasteiger partial charge in [0, 0.05) is 7.05 Å². The number of benzene rings is 2. The summed E-state index contributed by atoms with van der Waals surface area (Å²) in [5, 5.41) is 0. The number of likely N-dealkylation sites (tertiary alicyclic amines) is 1. The second-order valence-electron chi connectivity index (χ2n) is 8.43.